The molecule has 1 N–H and O–H groups in total. The molecule has 0 saturated heterocycles. The number of hydrogen-bond acceptors (Lipinski definition) is 2. The van der Waals surface area contributed by atoms with Crippen LogP contribution in [-0.4, -0.2) is 11.7 Å². The highest BCUT2D eigenvalue weighted by molar-refractivity contribution is 6.35. The van der Waals surface area contributed by atoms with Gasteiger partial charge in [0.2, 0.25) is 0 Å². The van der Waals surface area contributed by atoms with E-state index in [1.54, 1.807) is 24.3 Å². The predicted molar refractivity (Wildman–Crippen MR) is 95.0 cm³/mol. The molecule has 23 heavy (non-hydrogen) atoms. The Bertz CT molecular complexity index is 869. The molecule has 1 aliphatic heterocycles. The quantitative estimate of drug-likeness (QED) is 0.799. The third-order valence-electron chi connectivity index (χ3n) is 3.73. The van der Waals surface area contributed by atoms with Crippen LogP contribution in [-0.2, 0) is 4.79 Å². The van der Waals surface area contributed by atoms with Crippen LogP contribution in [0.4, 0.5) is 0 Å². The van der Waals surface area contributed by atoms with E-state index < -0.39 is 0 Å². The number of amidine groups is 1. The molecule has 1 aliphatic rings. The van der Waals surface area contributed by atoms with Crippen LogP contribution in [0, 0.1) is 13.8 Å². The second-order valence-electron chi connectivity index (χ2n) is 5.41. The number of nitrogens with zero attached hydrogens (tertiary/aromatic N) is 1. The largest absolute Gasteiger partial charge is 0.305 e. The zero-order valence-electron chi connectivity index (χ0n) is 12.7. The lowest BCUT2D eigenvalue weighted by atomic mass is 10.1. The maximum atomic E-state index is 12.1. The number of carbonyl (C=O) groups is 1. The number of carbonyl (C=O) groups excluding carboxylic acids is 1. The zero-order valence-corrected chi connectivity index (χ0v) is 14.2. The first-order valence-corrected chi connectivity index (χ1v) is 7.84. The first-order chi connectivity index (χ1) is 10.9. The van der Waals surface area contributed by atoms with Gasteiger partial charge in [-0.2, -0.15) is 0 Å². The molecule has 1 amide bonds. The van der Waals surface area contributed by atoms with Gasteiger partial charge in [0.15, 0.2) is 0 Å². The van der Waals surface area contributed by atoms with Crippen LogP contribution in [0.15, 0.2) is 47.1 Å². The molecule has 2 aromatic carbocycles. The van der Waals surface area contributed by atoms with E-state index in [0.29, 0.717) is 27.1 Å². The Morgan fingerprint density at radius 2 is 1.83 bits per heavy atom. The topological polar surface area (TPSA) is 41.5 Å². The van der Waals surface area contributed by atoms with E-state index >= 15 is 0 Å². The van der Waals surface area contributed by atoms with Crippen LogP contribution in [0.25, 0.3) is 6.08 Å². The fourth-order valence-corrected chi connectivity index (χ4v) is 2.72. The van der Waals surface area contributed by atoms with E-state index in [9.17, 15) is 4.79 Å². The minimum Gasteiger partial charge on any atom is -0.305 e. The second kappa shape index (κ2) is 6.19. The summed E-state index contributed by atoms with van der Waals surface area (Å²) < 4.78 is 0. The summed E-state index contributed by atoms with van der Waals surface area (Å²) in [5.74, 6) is 0.304. The molecule has 116 valence electrons. The second-order valence-corrected chi connectivity index (χ2v) is 6.25. The fourth-order valence-electron chi connectivity index (χ4n) is 2.26. The van der Waals surface area contributed by atoms with Crippen molar-refractivity contribution in [2.24, 2.45) is 4.99 Å². The third-order valence-corrected chi connectivity index (χ3v) is 4.29. The smallest absolute Gasteiger partial charge is 0.275 e. The lowest BCUT2D eigenvalue weighted by molar-refractivity contribution is -0.115. The zero-order chi connectivity index (χ0) is 16.6. The molecule has 2 aromatic rings. The highest BCUT2D eigenvalue weighted by Crippen LogP contribution is 2.24. The molecular weight excluding hydrogens is 331 g/mol. The molecule has 5 heteroatoms. The standard InChI is InChI=1S/C18H14Cl2N2O/c1-10-3-4-13(7-11(10)2)17-21-16(18(23)22-17)8-12-5-6-14(19)9-15(12)20/h3-9H,1-2H3,(H,21,22,23)/b16-8-. The van der Waals surface area contributed by atoms with Gasteiger partial charge in [0, 0.05) is 15.6 Å². The summed E-state index contributed by atoms with van der Waals surface area (Å²) in [7, 11) is 0. The molecule has 3 nitrogen and oxygen atoms in total. The molecule has 0 bridgehead atoms. The Morgan fingerprint density at radius 3 is 2.52 bits per heavy atom. The van der Waals surface area contributed by atoms with Gasteiger partial charge in [0.25, 0.3) is 5.91 Å². The highest BCUT2D eigenvalue weighted by atomic mass is 35.5. The van der Waals surface area contributed by atoms with Crippen molar-refractivity contribution in [3.8, 4) is 0 Å². The highest BCUT2D eigenvalue weighted by Gasteiger charge is 2.21. The Labute approximate surface area is 144 Å². The number of aliphatic imine (C=N–C) groups is 1. The van der Waals surface area contributed by atoms with Crippen LogP contribution in [0.1, 0.15) is 22.3 Å². The van der Waals surface area contributed by atoms with Crippen molar-refractivity contribution in [1.82, 2.24) is 5.32 Å². The molecule has 0 fully saturated rings. The van der Waals surface area contributed by atoms with Crippen molar-refractivity contribution >= 4 is 41.0 Å². The van der Waals surface area contributed by atoms with E-state index in [2.05, 4.69) is 10.3 Å². The van der Waals surface area contributed by atoms with Crippen molar-refractivity contribution in [3.05, 3.63) is 74.4 Å². The number of benzene rings is 2. The molecule has 0 unspecified atom stereocenters. The number of hydrogen-bond donors (Lipinski definition) is 1. The maximum Gasteiger partial charge on any atom is 0.275 e. The molecule has 1 heterocycles. The summed E-state index contributed by atoms with van der Waals surface area (Å²) in [4.78, 5) is 16.5. The Kier molecular flexibility index (Phi) is 4.24. The molecule has 3 rings (SSSR count). The Balaban J connectivity index is 1.97. The van der Waals surface area contributed by atoms with E-state index in [0.717, 1.165) is 11.1 Å². The summed E-state index contributed by atoms with van der Waals surface area (Å²) >= 11 is 12.0. The minimum absolute atomic E-state index is 0.246. The number of amides is 1. The van der Waals surface area contributed by atoms with Crippen molar-refractivity contribution in [1.29, 1.82) is 0 Å². The molecule has 0 atom stereocenters. The van der Waals surface area contributed by atoms with Gasteiger partial charge in [0.05, 0.1) is 0 Å². The predicted octanol–water partition coefficient (Wildman–Crippen LogP) is 4.53. The van der Waals surface area contributed by atoms with Crippen molar-refractivity contribution in [2.45, 2.75) is 13.8 Å². The molecular formula is C18H14Cl2N2O. The van der Waals surface area contributed by atoms with Crippen molar-refractivity contribution < 1.29 is 4.79 Å². The van der Waals surface area contributed by atoms with Gasteiger partial charge in [0.1, 0.15) is 11.5 Å². The van der Waals surface area contributed by atoms with Gasteiger partial charge in [-0.15, -0.1) is 0 Å². The average molecular weight is 345 g/mol. The van der Waals surface area contributed by atoms with Crippen LogP contribution in [0.3, 0.4) is 0 Å². The van der Waals surface area contributed by atoms with Gasteiger partial charge in [-0.1, -0.05) is 41.4 Å². The fraction of sp³-hybridized carbons (Fsp3) is 0.111. The summed E-state index contributed by atoms with van der Waals surface area (Å²) in [6.45, 7) is 4.07. The first-order valence-electron chi connectivity index (χ1n) is 7.08. The molecule has 0 radical (unpaired) electrons. The maximum absolute atomic E-state index is 12.1. The van der Waals surface area contributed by atoms with Crippen LogP contribution < -0.4 is 5.32 Å². The summed E-state index contributed by atoms with van der Waals surface area (Å²) in [6, 6.07) is 11.1. The molecule has 0 spiro atoms. The van der Waals surface area contributed by atoms with Gasteiger partial charge in [-0.05, 0) is 54.8 Å². The lowest BCUT2D eigenvalue weighted by Gasteiger charge is -2.04. The lowest BCUT2D eigenvalue weighted by Crippen LogP contribution is -2.24. The van der Waals surface area contributed by atoms with E-state index in [1.807, 2.05) is 32.0 Å². The van der Waals surface area contributed by atoms with E-state index in [-0.39, 0.29) is 5.91 Å². The van der Waals surface area contributed by atoms with Crippen LogP contribution in [0.2, 0.25) is 10.0 Å². The monoisotopic (exact) mass is 344 g/mol. The minimum atomic E-state index is -0.246. The van der Waals surface area contributed by atoms with E-state index in [1.165, 1.54) is 5.56 Å². The van der Waals surface area contributed by atoms with Crippen molar-refractivity contribution in [2.75, 3.05) is 0 Å². The molecule has 0 saturated carbocycles. The summed E-state index contributed by atoms with van der Waals surface area (Å²) in [5, 5.41) is 3.82. The number of halogens is 2. The average Bonchev–Trinajstić information content (AvgIpc) is 2.86. The van der Waals surface area contributed by atoms with Gasteiger partial charge < -0.3 is 5.32 Å². The van der Waals surface area contributed by atoms with Crippen LogP contribution >= 0.6 is 23.2 Å². The Hall–Kier alpha value is -2.10. The number of nitrogens with one attached hydrogen (secondary N) is 1. The van der Waals surface area contributed by atoms with E-state index in [4.69, 9.17) is 23.2 Å². The number of aryl methyl sites for hydroxylation is 2. The first kappa shape index (κ1) is 15.8. The van der Waals surface area contributed by atoms with Gasteiger partial charge >= 0.3 is 0 Å². The Morgan fingerprint density at radius 1 is 1.04 bits per heavy atom. The van der Waals surface area contributed by atoms with Gasteiger partial charge in [-0.3, -0.25) is 4.79 Å². The third kappa shape index (κ3) is 3.31. The molecule has 0 aromatic heterocycles. The SMILES string of the molecule is Cc1ccc(C2=N/C(=C\c3ccc(Cl)cc3Cl)C(=O)N2)cc1C. The van der Waals surface area contributed by atoms with Gasteiger partial charge in [-0.25, -0.2) is 4.99 Å². The van der Waals surface area contributed by atoms with Crippen LogP contribution in [0.5, 0.6) is 0 Å². The van der Waals surface area contributed by atoms with Crippen molar-refractivity contribution in [3.63, 3.8) is 0 Å². The normalized spacial score (nSPS) is 15.7. The number of rotatable bonds is 2. The molecule has 0 aliphatic carbocycles. The summed E-state index contributed by atoms with van der Waals surface area (Å²) in [5.41, 5.74) is 4.25. The summed E-state index contributed by atoms with van der Waals surface area (Å²) in [6.07, 6.45) is 1.65.